The lowest BCUT2D eigenvalue weighted by molar-refractivity contribution is 0.101. The van der Waals surface area contributed by atoms with Gasteiger partial charge in [0.15, 0.2) is 5.78 Å². The largest absolute Gasteiger partial charge is 0.496 e. The van der Waals surface area contributed by atoms with Crippen molar-refractivity contribution >= 4 is 5.78 Å². The molecule has 0 bridgehead atoms. The molecule has 0 saturated heterocycles. The summed E-state index contributed by atoms with van der Waals surface area (Å²) in [4.78, 5) is 11.7. The summed E-state index contributed by atoms with van der Waals surface area (Å²) in [5, 5.41) is 8.49. The number of unbranched alkanes of at least 4 members (excludes halogenated alkanes) is 4. The number of nitriles is 1. The van der Waals surface area contributed by atoms with E-state index in [1.54, 1.807) is 19.2 Å². The van der Waals surface area contributed by atoms with Crippen LogP contribution in [-0.4, -0.2) is 26.6 Å². The van der Waals surface area contributed by atoms with E-state index >= 15 is 0 Å². The molecule has 0 N–H and O–H groups in total. The van der Waals surface area contributed by atoms with Crippen LogP contribution in [0.2, 0.25) is 0 Å². The summed E-state index contributed by atoms with van der Waals surface area (Å²) in [7, 11) is 3.15. The zero-order valence-corrected chi connectivity index (χ0v) is 14.2. The molecule has 126 valence electrons. The van der Waals surface area contributed by atoms with Crippen molar-refractivity contribution in [1.29, 1.82) is 5.26 Å². The highest BCUT2D eigenvalue weighted by molar-refractivity contribution is 5.97. The maximum Gasteiger partial charge on any atom is 0.163 e. The van der Waals surface area contributed by atoms with Gasteiger partial charge in [0.05, 0.1) is 32.0 Å². The van der Waals surface area contributed by atoms with E-state index in [0.717, 1.165) is 31.2 Å². The minimum absolute atomic E-state index is 0.0526. The first kappa shape index (κ1) is 19.0. The zero-order valence-electron chi connectivity index (χ0n) is 14.2. The second kappa shape index (κ2) is 10.6. The molecule has 1 aromatic rings. The molecular formula is C18H25NO4. The Bertz CT molecular complexity index is 549. The Balaban J connectivity index is 2.68. The van der Waals surface area contributed by atoms with E-state index < -0.39 is 0 Å². The zero-order chi connectivity index (χ0) is 17.1. The van der Waals surface area contributed by atoms with Crippen LogP contribution in [0.4, 0.5) is 0 Å². The molecule has 1 aromatic carbocycles. The Kier molecular flexibility index (Phi) is 8.78. The Hall–Kier alpha value is -2.06. The normalized spacial score (nSPS) is 10.2. The second-order valence-electron chi connectivity index (χ2n) is 5.32. The molecule has 0 atom stereocenters. The van der Waals surface area contributed by atoms with Gasteiger partial charge in [0.1, 0.15) is 11.5 Å². The molecule has 0 spiro atoms. The fourth-order valence-electron chi connectivity index (χ4n) is 2.29. The van der Waals surface area contributed by atoms with E-state index in [0.29, 0.717) is 36.7 Å². The Morgan fingerprint density at radius 1 is 1.13 bits per heavy atom. The molecule has 1 rings (SSSR count). The van der Waals surface area contributed by atoms with Crippen molar-refractivity contribution in [1.82, 2.24) is 0 Å². The summed E-state index contributed by atoms with van der Waals surface area (Å²) in [6, 6.07) is 5.67. The molecule has 5 nitrogen and oxygen atoms in total. The van der Waals surface area contributed by atoms with E-state index in [2.05, 4.69) is 6.07 Å². The molecule has 0 aliphatic heterocycles. The highest BCUT2D eigenvalue weighted by Gasteiger charge is 2.14. The lowest BCUT2D eigenvalue weighted by Crippen LogP contribution is -2.05. The molecule has 0 aromatic heterocycles. The number of ether oxygens (including phenoxy) is 3. The van der Waals surface area contributed by atoms with E-state index in [1.165, 1.54) is 14.0 Å². The van der Waals surface area contributed by atoms with Crippen molar-refractivity contribution in [2.24, 2.45) is 0 Å². The van der Waals surface area contributed by atoms with E-state index in [1.807, 2.05) is 0 Å². The maximum absolute atomic E-state index is 11.7. The third-order valence-corrected chi connectivity index (χ3v) is 3.50. The second-order valence-corrected chi connectivity index (χ2v) is 5.32. The first-order chi connectivity index (χ1) is 11.1. The lowest BCUT2D eigenvalue weighted by atomic mass is 10.1. The van der Waals surface area contributed by atoms with Crippen LogP contribution in [0.15, 0.2) is 12.1 Å². The molecule has 0 fully saturated rings. The van der Waals surface area contributed by atoms with Crippen LogP contribution in [0.25, 0.3) is 0 Å². The summed E-state index contributed by atoms with van der Waals surface area (Å²) in [5.41, 5.74) is 1.37. The van der Waals surface area contributed by atoms with Gasteiger partial charge in [-0.25, -0.2) is 0 Å². The first-order valence-corrected chi connectivity index (χ1v) is 7.84. The molecule has 23 heavy (non-hydrogen) atoms. The number of rotatable bonds is 11. The SMILES string of the molecule is COCc1cc(C(C)=O)c(OC)cc1OCCCCCCC#N. The minimum Gasteiger partial charge on any atom is -0.496 e. The average molecular weight is 319 g/mol. The number of nitrogens with zero attached hydrogens (tertiary/aromatic N) is 1. The van der Waals surface area contributed by atoms with Gasteiger partial charge in [0.25, 0.3) is 0 Å². The summed E-state index contributed by atoms with van der Waals surface area (Å²) in [6.07, 6.45) is 4.54. The van der Waals surface area contributed by atoms with Crippen LogP contribution in [-0.2, 0) is 11.3 Å². The molecule has 0 heterocycles. The minimum atomic E-state index is -0.0526. The maximum atomic E-state index is 11.7. The fraction of sp³-hybridized carbons (Fsp3) is 0.556. The van der Waals surface area contributed by atoms with Crippen molar-refractivity contribution < 1.29 is 19.0 Å². The summed E-state index contributed by atoms with van der Waals surface area (Å²) in [6.45, 7) is 2.48. The number of benzene rings is 1. The quantitative estimate of drug-likeness (QED) is 0.457. The van der Waals surface area contributed by atoms with E-state index in [4.69, 9.17) is 19.5 Å². The van der Waals surface area contributed by atoms with Gasteiger partial charge in [-0.15, -0.1) is 0 Å². The smallest absolute Gasteiger partial charge is 0.163 e. The monoisotopic (exact) mass is 319 g/mol. The van der Waals surface area contributed by atoms with E-state index in [9.17, 15) is 4.79 Å². The van der Waals surface area contributed by atoms with Gasteiger partial charge >= 0.3 is 0 Å². The number of carbonyl (C=O) groups excluding carboxylic acids is 1. The van der Waals surface area contributed by atoms with E-state index in [-0.39, 0.29) is 5.78 Å². The Labute approximate surface area is 138 Å². The number of Topliss-reactive ketones (excluding diaryl/α,β-unsaturated/α-hetero) is 1. The number of carbonyl (C=O) groups is 1. The van der Waals surface area contributed by atoms with Crippen molar-refractivity contribution in [2.45, 2.75) is 45.6 Å². The highest BCUT2D eigenvalue weighted by Crippen LogP contribution is 2.30. The van der Waals surface area contributed by atoms with Gasteiger partial charge in [-0.1, -0.05) is 12.8 Å². The van der Waals surface area contributed by atoms with Crippen molar-refractivity contribution in [3.8, 4) is 17.6 Å². The van der Waals surface area contributed by atoms with Gasteiger partial charge in [-0.2, -0.15) is 5.26 Å². The highest BCUT2D eigenvalue weighted by atomic mass is 16.5. The Morgan fingerprint density at radius 2 is 1.87 bits per heavy atom. The first-order valence-electron chi connectivity index (χ1n) is 7.84. The van der Waals surface area contributed by atoms with Gasteiger partial charge in [0.2, 0.25) is 0 Å². The van der Waals surface area contributed by atoms with Crippen molar-refractivity contribution in [2.75, 3.05) is 20.8 Å². The van der Waals surface area contributed by atoms with Crippen LogP contribution in [0.1, 0.15) is 54.9 Å². The molecular weight excluding hydrogens is 294 g/mol. The fourth-order valence-corrected chi connectivity index (χ4v) is 2.29. The number of hydrogen-bond acceptors (Lipinski definition) is 5. The summed E-state index contributed by atoms with van der Waals surface area (Å²) >= 11 is 0. The predicted octanol–water partition coefficient (Wildman–Crippen LogP) is 3.90. The molecule has 0 radical (unpaired) electrons. The van der Waals surface area contributed by atoms with Crippen molar-refractivity contribution in [3.63, 3.8) is 0 Å². The molecule has 0 aliphatic carbocycles. The molecule has 5 heteroatoms. The Morgan fingerprint density at radius 3 is 2.48 bits per heavy atom. The van der Waals surface area contributed by atoms with Crippen LogP contribution < -0.4 is 9.47 Å². The topological polar surface area (TPSA) is 68.6 Å². The van der Waals surface area contributed by atoms with Crippen LogP contribution in [0, 0.1) is 11.3 Å². The third kappa shape index (κ3) is 6.29. The van der Waals surface area contributed by atoms with Crippen LogP contribution in [0.3, 0.4) is 0 Å². The van der Waals surface area contributed by atoms with Gasteiger partial charge in [-0.05, 0) is 25.8 Å². The molecule has 0 amide bonds. The number of hydrogen-bond donors (Lipinski definition) is 0. The lowest BCUT2D eigenvalue weighted by Gasteiger charge is -2.15. The average Bonchev–Trinajstić information content (AvgIpc) is 2.54. The number of methoxy groups -OCH3 is 2. The molecule has 0 unspecified atom stereocenters. The van der Waals surface area contributed by atoms with Gasteiger partial charge < -0.3 is 14.2 Å². The third-order valence-electron chi connectivity index (χ3n) is 3.50. The molecule has 0 saturated carbocycles. The van der Waals surface area contributed by atoms with Crippen molar-refractivity contribution in [3.05, 3.63) is 23.3 Å². The number of ketones is 1. The standard InChI is InChI=1S/C18H25NO4/c1-14(20)16-11-15(13-21-2)17(12-18(16)22-3)23-10-8-6-4-5-7-9-19/h11-12H,4-8,10,13H2,1-3H3. The molecule has 0 aliphatic rings. The summed E-state index contributed by atoms with van der Waals surface area (Å²) in [5.74, 6) is 1.15. The predicted molar refractivity (Wildman–Crippen MR) is 87.9 cm³/mol. The van der Waals surface area contributed by atoms with Crippen LogP contribution in [0.5, 0.6) is 11.5 Å². The van der Waals surface area contributed by atoms with Gasteiger partial charge in [-0.3, -0.25) is 4.79 Å². The summed E-state index contributed by atoms with van der Waals surface area (Å²) < 4.78 is 16.3. The van der Waals surface area contributed by atoms with Crippen LogP contribution >= 0.6 is 0 Å². The van der Waals surface area contributed by atoms with Gasteiger partial charge in [0, 0.05) is 25.2 Å².